The van der Waals surface area contributed by atoms with E-state index < -0.39 is 0 Å². The van der Waals surface area contributed by atoms with Crippen LogP contribution in [0.25, 0.3) is 0 Å². The van der Waals surface area contributed by atoms with Gasteiger partial charge in [-0.25, -0.2) is 0 Å². The summed E-state index contributed by atoms with van der Waals surface area (Å²) in [5.74, 6) is 2.15. The molecule has 6 aromatic carbocycles. The van der Waals surface area contributed by atoms with Crippen LogP contribution in [0.1, 0.15) is 175 Å². The van der Waals surface area contributed by atoms with Crippen molar-refractivity contribution in [1.29, 1.82) is 0 Å². The SMILES string of the molecule is CC(C)(C)c1ccc(N(c2ccc(C(C)(C)C)cc2)c2cc3c4c(c2)N(C2CC5CCC2C5)c2ccc(C5CCCCC5)cc2B4c2cc(C(C)(C)C)ccc2N3c2ccc(C(C)(C)C)cc2)cc1. The molecule has 11 rings (SSSR count). The van der Waals surface area contributed by atoms with Crippen LogP contribution >= 0.6 is 0 Å². The van der Waals surface area contributed by atoms with Gasteiger partial charge in [0, 0.05) is 45.9 Å². The molecule has 5 aliphatic rings. The molecule has 3 unspecified atom stereocenters. The average molecular weight is 912 g/mol. The molecule has 0 radical (unpaired) electrons. The van der Waals surface area contributed by atoms with Crippen LogP contribution in [-0.4, -0.2) is 12.8 Å². The molecule has 3 aliphatic carbocycles. The van der Waals surface area contributed by atoms with Gasteiger partial charge in [0.2, 0.25) is 0 Å². The molecule has 3 fully saturated rings. The lowest BCUT2D eigenvalue weighted by molar-refractivity contribution is 0.413. The van der Waals surface area contributed by atoms with Crippen LogP contribution in [0.5, 0.6) is 0 Å². The van der Waals surface area contributed by atoms with Gasteiger partial charge >= 0.3 is 0 Å². The maximum Gasteiger partial charge on any atom is 0.252 e. The van der Waals surface area contributed by atoms with E-state index in [4.69, 9.17) is 0 Å². The molecule has 3 atom stereocenters. The Labute approximate surface area is 416 Å². The van der Waals surface area contributed by atoms with Gasteiger partial charge in [0.05, 0.1) is 5.69 Å². The topological polar surface area (TPSA) is 9.72 Å². The summed E-state index contributed by atoms with van der Waals surface area (Å²) in [6.45, 7) is 28.2. The summed E-state index contributed by atoms with van der Waals surface area (Å²) < 4.78 is 0. The highest BCUT2D eigenvalue weighted by molar-refractivity contribution is 7.00. The van der Waals surface area contributed by atoms with E-state index in [1.165, 1.54) is 142 Å². The van der Waals surface area contributed by atoms with E-state index in [2.05, 4.69) is 219 Å². The largest absolute Gasteiger partial charge is 0.339 e. The van der Waals surface area contributed by atoms with E-state index in [-0.39, 0.29) is 28.4 Å². The lowest BCUT2D eigenvalue weighted by Crippen LogP contribution is -2.63. The van der Waals surface area contributed by atoms with E-state index in [0.29, 0.717) is 17.9 Å². The fraction of sp³-hybridized carbons (Fsp3) is 0.446. The normalized spacial score (nSPS) is 20.2. The van der Waals surface area contributed by atoms with Crippen molar-refractivity contribution < 1.29 is 0 Å². The maximum absolute atomic E-state index is 2.92. The van der Waals surface area contributed by atoms with Crippen molar-refractivity contribution >= 4 is 68.6 Å². The van der Waals surface area contributed by atoms with Crippen molar-refractivity contribution in [2.45, 2.75) is 174 Å². The van der Waals surface area contributed by atoms with Crippen molar-refractivity contribution in [2.24, 2.45) is 11.8 Å². The van der Waals surface area contributed by atoms with Gasteiger partial charge in [-0.2, -0.15) is 0 Å². The lowest BCUT2D eigenvalue weighted by atomic mass is 9.33. The molecule has 2 bridgehead atoms. The van der Waals surface area contributed by atoms with Crippen LogP contribution in [-0.2, 0) is 21.7 Å². The Morgan fingerprint density at radius 3 is 1.51 bits per heavy atom. The number of hydrogen-bond acceptors (Lipinski definition) is 3. The summed E-state index contributed by atoms with van der Waals surface area (Å²) in [6, 6.07) is 49.6. The second-order valence-corrected chi connectivity index (χ2v) is 26.2. The van der Waals surface area contributed by atoms with Crippen molar-refractivity contribution in [3.05, 3.63) is 149 Å². The minimum atomic E-state index is 0.00329. The Morgan fingerprint density at radius 2 is 0.971 bits per heavy atom. The van der Waals surface area contributed by atoms with Gasteiger partial charge in [-0.15, -0.1) is 0 Å². The molecule has 69 heavy (non-hydrogen) atoms. The Balaban J connectivity index is 1.22. The van der Waals surface area contributed by atoms with Crippen molar-refractivity contribution in [2.75, 3.05) is 14.7 Å². The molecular weight excluding hydrogens is 834 g/mol. The highest BCUT2D eigenvalue weighted by Gasteiger charge is 2.50. The molecule has 0 amide bonds. The fourth-order valence-corrected chi connectivity index (χ4v) is 13.3. The van der Waals surface area contributed by atoms with Crippen LogP contribution < -0.4 is 31.1 Å². The second kappa shape index (κ2) is 16.7. The van der Waals surface area contributed by atoms with Crippen molar-refractivity contribution in [3.8, 4) is 0 Å². The fourth-order valence-electron chi connectivity index (χ4n) is 13.3. The van der Waals surface area contributed by atoms with Crippen molar-refractivity contribution in [3.63, 3.8) is 0 Å². The zero-order valence-corrected chi connectivity index (χ0v) is 44.1. The lowest BCUT2D eigenvalue weighted by Gasteiger charge is -2.48. The van der Waals surface area contributed by atoms with Crippen LogP contribution in [0.4, 0.5) is 45.5 Å². The Morgan fingerprint density at radius 1 is 0.449 bits per heavy atom. The van der Waals surface area contributed by atoms with Crippen LogP contribution in [0.15, 0.2) is 121 Å². The van der Waals surface area contributed by atoms with E-state index in [1.807, 2.05) is 0 Å². The molecule has 2 heterocycles. The summed E-state index contributed by atoms with van der Waals surface area (Å²) in [6.07, 6.45) is 12.0. The molecule has 0 aromatic heterocycles. The predicted octanol–water partition coefficient (Wildman–Crippen LogP) is 16.3. The number of nitrogens with zero attached hydrogens (tertiary/aromatic N) is 3. The number of hydrogen-bond donors (Lipinski definition) is 0. The first-order valence-electron chi connectivity index (χ1n) is 26.9. The molecule has 3 nitrogen and oxygen atoms in total. The maximum atomic E-state index is 2.92. The smallest absolute Gasteiger partial charge is 0.252 e. The summed E-state index contributed by atoms with van der Waals surface area (Å²) in [4.78, 5) is 8.14. The van der Waals surface area contributed by atoms with Crippen LogP contribution in [0.2, 0.25) is 0 Å². The van der Waals surface area contributed by atoms with Crippen LogP contribution in [0, 0.1) is 11.8 Å². The third kappa shape index (κ3) is 8.24. The number of rotatable bonds is 6. The number of benzene rings is 6. The van der Waals surface area contributed by atoms with Gasteiger partial charge in [-0.1, -0.05) is 169 Å². The van der Waals surface area contributed by atoms with Gasteiger partial charge in [0.15, 0.2) is 0 Å². The zero-order chi connectivity index (χ0) is 48.4. The number of anilines is 8. The predicted molar refractivity (Wildman–Crippen MR) is 299 cm³/mol. The van der Waals surface area contributed by atoms with E-state index >= 15 is 0 Å². The quantitative estimate of drug-likeness (QED) is 0.154. The summed E-state index contributed by atoms with van der Waals surface area (Å²) in [5.41, 5.74) is 21.8. The first-order valence-corrected chi connectivity index (χ1v) is 26.9. The third-order valence-electron chi connectivity index (χ3n) is 17.3. The first-order chi connectivity index (χ1) is 32.7. The molecular formula is C65H78BN3. The number of fused-ring (bicyclic) bond motifs is 6. The summed E-state index contributed by atoms with van der Waals surface area (Å²) in [7, 11) is 0. The molecule has 0 saturated heterocycles. The van der Waals surface area contributed by atoms with E-state index in [9.17, 15) is 0 Å². The highest BCUT2D eigenvalue weighted by atomic mass is 15.2. The summed E-state index contributed by atoms with van der Waals surface area (Å²) >= 11 is 0. The molecule has 6 aromatic rings. The van der Waals surface area contributed by atoms with Gasteiger partial charge in [0.25, 0.3) is 6.71 Å². The molecule has 0 N–H and O–H groups in total. The van der Waals surface area contributed by atoms with Gasteiger partial charge in [-0.05, 0) is 176 Å². The first kappa shape index (κ1) is 46.2. The Bertz CT molecular complexity index is 2820. The van der Waals surface area contributed by atoms with Gasteiger partial charge in [-0.3, -0.25) is 0 Å². The minimum Gasteiger partial charge on any atom is -0.339 e. The molecule has 0 spiro atoms. The second-order valence-electron chi connectivity index (χ2n) is 26.2. The zero-order valence-electron chi connectivity index (χ0n) is 44.1. The van der Waals surface area contributed by atoms with E-state index in [1.54, 1.807) is 5.56 Å². The Kier molecular flexibility index (Phi) is 11.2. The average Bonchev–Trinajstić information content (AvgIpc) is 3.95. The molecule has 4 heteroatoms. The Hall–Kier alpha value is -5.22. The molecule has 2 aliphatic heterocycles. The monoisotopic (exact) mass is 912 g/mol. The standard InChI is InChI=1S/C65H78BN3/c1-62(2,3)46-21-28-50(29-22-46)67(51-30-23-47(24-31-51)63(4,5)6)53-40-59-61-60(41-53)69(58-37-42-18-19-45(58)36-42)57-34-20-44(43-16-14-13-15-17-43)38-54(57)66(61)55-39-49(65(10,11)12)27-35-56(55)68(59)52-32-25-48(26-33-52)64(7,8)9/h20-35,38-43,45,58H,13-19,36-37H2,1-12H3. The third-order valence-corrected chi connectivity index (χ3v) is 17.3. The summed E-state index contributed by atoms with van der Waals surface area (Å²) in [5, 5.41) is 0. The molecule has 356 valence electrons. The van der Waals surface area contributed by atoms with E-state index in [0.717, 1.165) is 5.92 Å². The molecule has 3 saturated carbocycles. The van der Waals surface area contributed by atoms with Gasteiger partial charge < -0.3 is 14.7 Å². The van der Waals surface area contributed by atoms with Crippen molar-refractivity contribution in [1.82, 2.24) is 0 Å². The van der Waals surface area contributed by atoms with Crippen LogP contribution in [0.3, 0.4) is 0 Å². The highest BCUT2D eigenvalue weighted by Crippen LogP contribution is 2.53. The minimum absolute atomic E-state index is 0.00329. The van der Waals surface area contributed by atoms with Gasteiger partial charge in [0.1, 0.15) is 0 Å².